The first-order chi connectivity index (χ1) is 18.1. The van der Waals surface area contributed by atoms with Crippen molar-refractivity contribution in [2.75, 3.05) is 5.32 Å². The molecule has 4 rings (SSSR count). The molecule has 5 nitrogen and oxygen atoms in total. The number of anilines is 1. The number of carbonyl (C=O) groups excluding carboxylic acids is 1. The van der Waals surface area contributed by atoms with Crippen molar-refractivity contribution in [3.05, 3.63) is 115 Å². The molecule has 0 spiro atoms. The Morgan fingerprint density at radius 1 is 0.974 bits per heavy atom. The van der Waals surface area contributed by atoms with Gasteiger partial charge in [0.25, 0.3) is 5.91 Å². The SMILES string of the molecule is Cc1cccc(Cl)c1NC(=O)C(C)n1cc[n+](CC(OCc2ccc(Cl)cc2Cl)c2ccc(Cl)cc2Cl)c1.[Br-]. The van der Waals surface area contributed by atoms with E-state index < -0.39 is 12.1 Å². The number of amides is 1. The van der Waals surface area contributed by atoms with Crippen molar-refractivity contribution in [1.29, 1.82) is 0 Å². The van der Waals surface area contributed by atoms with Crippen LogP contribution in [0.25, 0.3) is 0 Å². The van der Waals surface area contributed by atoms with Crippen LogP contribution in [0.15, 0.2) is 73.3 Å². The van der Waals surface area contributed by atoms with E-state index in [1.807, 2.05) is 66.0 Å². The number of aryl methyl sites for hydroxylation is 1. The fraction of sp³-hybridized carbons (Fsp3) is 0.214. The molecule has 0 aliphatic rings. The third kappa shape index (κ3) is 8.14. The Morgan fingerprint density at radius 2 is 1.67 bits per heavy atom. The van der Waals surface area contributed by atoms with Gasteiger partial charge in [-0.2, -0.15) is 0 Å². The summed E-state index contributed by atoms with van der Waals surface area (Å²) in [4.78, 5) is 13.0. The van der Waals surface area contributed by atoms with Crippen LogP contribution >= 0.6 is 58.0 Å². The van der Waals surface area contributed by atoms with Crippen LogP contribution in [0.5, 0.6) is 0 Å². The normalized spacial score (nSPS) is 12.5. The van der Waals surface area contributed by atoms with Crippen molar-refractivity contribution in [1.82, 2.24) is 4.57 Å². The predicted molar refractivity (Wildman–Crippen MR) is 155 cm³/mol. The number of rotatable bonds is 9. The van der Waals surface area contributed by atoms with Crippen molar-refractivity contribution in [2.45, 2.75) is 39.1 Å². The molecule has 0 aliphatic heterocycles. The van der Waals surface area contributed by atoms with E-state index in [-0.39, 0.29) is 29.5 Å². The molecular weight excluding hydrogens is 667 g/mol. The fourth-order valence-corrected chi connectivity index (χ4v) is 5.19. The van der Waals surface area contributed by atoms with E-state index in [0.29, 0.717) is 37.3 Å². The number of nitrogens with zero attached hydrogens (tertiary/aromatic N) is 2. The molecule has 0 radical (unpaired) electrons. The first kappa shape index (κ1) is 31.8. The predicted octanol–water partition coefficient (Wildman–Crippen LogP) is 5.51. The largest absolute Gasteiger partial charge is 1.00 e. The topological polar surface area (TPSA) is 47.1 Å². The lowest BCUT2D eigenvalue weighted by Gasteiger charge is -2.19. The molecule has 0 fully saturated rings. The minimum Gasteiger partial charge on any atom is -1.00 e. The first-order valence-electron chi connectivity index (χ1n) is 11.8. The van der Waals surface area contributed by atoms with Crippen molar-refractivity contribution in [2.24, 2.45) is 0 Å². The standard InChI is InChI=1S/C28H24Cl5N3O2.BrH/c1-17-4-3-5-23(31)27(17)34-28(37)18(2)36-11-10-35(16-36)14-26(22-9-8-21(30)13-25(22)33)38-15-19-6-7-20(29)12-24(19)32;/h3-13,16,18,26H,14-15H2,1-2H3;1H. The second-order valence-corrected chi connectivity index (χ2v) is 11.0. The van der Waals surface area contributed by atoms with Crippen molar-refractivity contribution < 1.29 is 31.1 Å². The van der Waals surface area contributed by atoms with Gasteiger partial charge in [-0.25, -0.2) is 9.13 Å². The highest BCUT2D eigenvalue weighted by Crippen LogP contribution is 2.31. The maximum Gasteiger partial charge on any atom is 0.269 e. The molecule has 1 N–H and O–H groups in total. The molecule has 4 aromatic rings. The average Bonchev–Trinajstić information content (AvgIpc) is 3.33. The van der Waals surface area contributed by atoms with Crippen molar-refractivity contribution in [3.63, 3.8) is 0 Å². The van der Waals surface area contributed by atoms with Crippen LogP contribution in [0.3, 0.4) is 0 Å². The minimum absolute atomic E-state index is 0. The molecule has 11 heteroatoms. The molecule has 0 saturated carbocycles. The van der Waals surface area contributed by atoms with Gasteiger partial charge in [0.2, 0.25) is 6.33 Å². The van der Waals surface area contributed by atoms with Crippen LogP contribution in [-0.4, -0.2) is 10.5 Å². The number of hydrogen-bond donors (Lipinski definition) is 1. The Kier molecular flexibility index (Phi) is 11.6. The molecule has 3 aromatic carbocycles. The van der Waals surface area contributed by atoms with E-state index in [4.69, 9.17) is 62.7 Å². The van der Waals surface area contributed by atoms with E-state index in [9.17, 15) is 4.79 Å². The maximum atomic E-state index is 13.0. The highest BCUT2D eigenvalue weighted by Gasteiger charge is 2.24. The number of hydrogen-bond acceptors (Lipinski definition) is 2. The van der Waals surface area contributed by atoms with Gasteiger partial charge in [-0.3, -0.25) is 4.79 Å². The highest BCUT2D eigenvalue weighted by atomic mass is 79.9. The summed E-state index contributed by atoms with van der Waals surface area (Å²) < 4.78 is 10.1. The van der Waals surface area contributed by atoms with Crippen LogP contribution in [0.2, 0.25) is 25.1 Å². The summed E-state index contributed by atoms with van der Waals surface area (Å²) in [5, 5.41) is 5.53. The lowest BCUT2D eigenvalue weighted by Crippen LogP contribution is -3.00. The summed E-state index contributed by atoms with van der Waals surface area (Å²) >= 11 is 31.3. The smallest absolute Gasteiger partial charge is 0.269 e. The van der Waals surface area contributed by atoms with E-state index >= 15 is 0 Å². The molecule has 0 aliphatic carbocycles. The van der Waals surface area contributed by atoms with E-state index in [1.54, 1.807) is 30.3 Å². The summed E-state index contributed by atoms with van der Waals surface area (Å²) in [7, 11) is 0. The molecular formula is C28H25BrCl5N3O2. The molecule has 1 amide bonds. The van der Waals surface area contributed by atoms with Gasteiger partial charge in [-0.05, 0) is 55.3 Å². The van der Waals surface area contributed by atoms with Gasteiger partial charge in [0, 0.05) is 25.7 Å². The van der Waals surface area contributed by atoms with Gasteiger partial charge in [0.05, 0.1) is 17.3 Å². The Balaban J connectivity index is 0.00000420. The van der Waals surface area contributed by atoms with Crippen LogP contribution in [0, 0.1) is 6.92 Å². The zero-order chi connectivity index (χ0) is 27.4. The number of aromatic nitrogens is 2. The Bertz CT molecular complexity index is 1440. The molecule has 0 bridgehead atoms. The molecule has 1 aromatic heterocycles. The summed E-state index contributed by atoms with van der Waals surface area (Å²) in [6.07, 6.45) is 5.13. The maximum absolute atomic E-state index is 13.0. The molecule has 0 saturated heterocycles. The third-order valence-electron chi connectivity index (χ3n) is 6.15. The number of para-hydroxylation sites is 1. The second kappa shape index (κ2) is 14.2. The Morgan fingerprint density at radius 3 is 2.33 bits per heavy atom. The monoisotopic (exact) mass is 689 g/mol. The zero-order valence-electron chi connectivity index (χ0n) is 21.0. The molecule has 206 valence electrons. The number of nitrogens with one attached hydrogen (secondary N) is 1. The van der Waals surface area contributed by atoms with E-state index in [2.05, 4.69) is 5.32 Å². The third-order valence-corrected chi connectivity index (χ3v) is 7.61. The number of ether oxygens (including phenoxy) is 1. The molecule has 1 heterocycles. The molecule has 39 heavy (non-hydrogen) atoms. The van der Waals surface area contributed by atoms with Crippen molar-refractivity contribution in [3.8, 4) is 0 Å². The van der Waals surface area contributed by atoms with Gasteiger partial charge in [0.15, 0.2) is 6.04 Å². The summed E-state index contributed by atoms with van der Waals surface area (Å²) in [5.74, 6) is -0.185. The summed E-state index contributed by atoms with van der Waals surface area (Å²) in [6, 6.07) is 15.6. The Hall–Kier alpha value is -1.77. The average molecular weight is 693 g/mol. The van der Waals surface area contributed by atoms with E-state index in [1.165, 1.54) is 0 Å². The number of imidazole rings is 1. The van der Waals surface area contributed by atoms with E-state index in [0.717, 1.165) is 16.7 Å². The fourth-order valence-electron chi connectivity index (χ4n) is 3.93. The lowest BCUT2D eigenvalue weighted by atomic mass is 10.1. The Labute approximate surface area is 263 Å². The summed E-state index contributed by atoms with van der Waals surface area (Å²) in [5.41, 5.74) is 3.08. The number of benzene rings is 3. The van der Waals surface area contributed by atoms with Gasteiger partial charge in [-0.15, -0.1) is 0 Å². The van der Waals surface area contributed by atoms with Gasteiger partial charge < -0.3 is 27.0 Å². The summed E-state index contributed by atoms with van der Waals surface area (Å²) in [6.45, 7) is 4.39. The molecule has 2 atom stereocenters. The quantitative estimate of drug-likeness (QED) is 0.235. The van der Waals surface area contributed by atoms with Crippen molar-refractivity contribution >= 4 is 69.6 Å². The second-order valence-electron chi connectivity index (χ2n) is 8.86. The highest BCUT2D eigenvalue weighted by molar-refractivity contribution is 6.35. The zero-order valence-corrected chi connectivity index (χ0v) is 26.3. The van der Waals surface area contributed by atoms with Gasteiger partial charge in [0.1, 0.15) is 25.0 Å². The lowest BCUT2D eigenvalue weighted by molar-refractivity contribution is -0.705. The number of halogens is 6. The van der Waals surface area contributed by atoms with Crippen LogP contribution in [0.1, 0.15) is 35.8 Å². The number of carbonyl (C=O) groups is 1. The molecule has 2 unspecified atom stereocenters. The van der Waals surface area contributed by atoms with Crippen LogP contribution in [-0.2, 0) is 22.7 Å². The minimum atomic E-state index is -0.488. The van der Waals surface area contributed by atoms with Gasteiger partial charge in [-0.1, -0.05) is 82.3 Å². The van der Waals surface area contributed by atoms with Crippen LogP contribution < -0.4 is 26.9 Å². The van der Waals surface area contributed by atoms with Gasteiger partial charge >= 0.3 is 0 Å². The first-order valence-corrected chi connectivity index (χ1v) is 13.6. The van der Waals surface area contributed by atoms with Crippen LogP contribution in [0.4, 0.5) is 5.69 Å².